The Morgan fingerprint density at radius 2 is 2.03 bits per heavy atom. The van der Waals surface area contributed by atoms with Crippen LogP contribution in [0.5, 0.6) is 0 Å². The van der Waals surface area contributed by atoms with E-state index in [1.165, 1.54) is 12.1 Å². The number of benzene rings is 1. The van der Waals surface area contributed by atoms with E-state index in [0.717, 1.165) is 25.7 Å². The van der Waals surface area contributed by atoms with Crippen molar-refractivity contribution in [2.45, 2.75) is 51.8 Å². The van der Waals surface area contributed by atoms with Gasteiger partial charge in [0.25, 0.3) is 5.91 Å². The van der Waals surface area contributed by atoms with Crippen LogP contribution < -0.4 is 5.32 Å². The van der Waals surface area contributed by atoms with Crippen molar-refractivity contribution in [3.63, 3.8) is 0 Å². The molecule has 1 amide bonds. The van der Waals surface area contributed by atoms with Crippen LogP contribution >= 0.6 is 11.6 Å². The molecule has 1 fully saturated rings. The second-order valence-electron chi connectivity index (χ2n) is 8.16. The highest BCUT2D eigenvalue weighted by Crippen LogP contribution is 2.25. The Morgan fingerprint density at radius 1 is 1.25 bits per heavy atom. The first kappa shape index (κ1) is 22.3. The van der Waals surface area contributed by atoms with Gasteiger partial charge in [0.05, 0.1) is 17.7 Å². The van der Waals surface area contributed by atoms with Crippen LogP contribution in [-0.2, 0) is 13.1 Å². The van der Waals surface area contributed by atoms with Gasteiger partial charge in [-0.3, -0.25) is 4.79 Å². The fourth-order valence-corrected chi connectivity index (χ4v) is 4.03. The molecule has 0 spiro atoms. The van der Waals surface area contributed by atoms with Crippen LogP contribution in [-0.4, -0.2) is 42.3 Å². The molecule has 2 N–H and O–H groups in total. The normalized spacial score (nSPS) is 18.5. The fourth-order valence-electron chi connectivity index (χ4n) is 3.83. The van der Waals surface area contributed by atoms with Crippen LogP contribution in [0.4, 0.5) is 4.39 Å². The molecule has 0 bridgehead atoms. The van der Waals surface area contributed by atoms with E-state index < -0.39 is 5.82 Å². The van der Waals surface area contributed by atoms with E-state index >= 15 is 0 Å². The van der Waals surface area contributed by atoms with Gasteiger partial charge < -0.3 is 10.4 Å². The minimum atomic E-state index is -0.506. The second kappa shape index (κ2) is 9.70. The molecule has 168 valence electrons. The number of aryl methyl sites for hydroxylation is 1. The van der Waals surface area contributed by atoms with Gasteiger partial charge in [-0.2, -0.15) is 4.80 Å². The number of aromatic nitrogens is 5. The molecular formula is C22H24ClFN6O2. The summed E-state index contributed by atoms with van der Waals surface area (Å²) < 4.78 is 13.3. The van der Waals surface area contributed by atoms with Gasteiger partial charge in [-0.05, 0) is 73.6 Å². The number of hydrogen-bond donors (Lipinski definition) is 2. The SMILES string of the molecule is Cc1cc(-c2nnn(C[C@H]3CC[C@H](O)CC3)n2)cc(C(=O)NCc2ccc(F)c(Cl)c2)n1. The summed E-state index contributed by atoms with van der Waals surface area (Å²) in [5.41, 5.74) is 2.20. The zero-order chi connectivity index (χ0) is 22.7. The number of nitrogens with one attached hydrogen (secondary N) is 1. The molecule has 2 heterocycles. The maximum absolute atomic E-state index is 13.3. The van der Waals surface area contributed by atoms with Gasteiger partial charge in [0.15, 0.2) is 0 Å². The lowest BCUT2D eigenvalue weighted by Crippen LogP contribution is -2.24. The Bertz CT molecular complexity index is 1110. The van der Waals surface area contributed by atoms with Crippen LogP contribution in [0.1, 0.15) is 47.4 Å². The molecule has 0 radical (unpaired) electrons. The topological polar surface area (TPSA) is 106 Å². The molecule has 1 aliphatic carbocycles. The third-order valence-corrected chi connectivity index (χ3v) is 5.86. The van der Waals surface area contributed by atoms with Gasteiger partial charge in [-0.1, -0.05) is 17.7 Å². The molecule has 0 atom stereocenters. The molecule has 8 nitrogen and oxygen atoms in total. The molecule has 2 aromatic heterocycles. The quantitative estimate of drug-likeness (QED) is 0.587. The van der Waals surface area contributed by atoms with Crippen molar-refractivity contribution in [2.75, 3.05) is 0 Å². The lowest BCUT2D eigenvalue weighted by molar-refractivity contribution is 0.0945. The molecule has 4 rings (SSSR count). The summed E-state index contributed by atoms with van der Waals surface area (Å²) in [5.74, 6) is -0.0384. The third-order valence-electron chi connectivity index (χ3n) is 5.57. The summed E-state index contributed by atoms with van der Waals surface area (Å²) >= 11 is 5.79. The molecule has 32 heavy (non-hydrogen) atoms. The molecule has 3 aromatic rings. The monoisotopic (exact) mass is 458 g/mol. The van der Waals surface area contributed by atoms with E-state index in [1.807, 2.05) is 0 Å². The Kier molecular flexibility index (Phi) is 6.76. The standard InChI is InChI=1S/C22H24ClFN6O2/c1-13-8-16(21-27-29-30(28-21)12-14-2-5-17(31)6-3-14)10-20(26-13)22(32)25-11-15-4-7-19(24)18(23)9-15/h4,7-10,14,17,31H,2-3,5-6,11-12H2,1H3,(H,25,32)/t14-,17-. The van der Waals surface area contributed by atoms with Crippen molar-refractivity contribution in [1.82, 2.24) is 30.5 Å². The Morgan fingerprint density at radius 3 is 2.78 bits per heavy atom. The van der Waals surface area contributed by atoms with E-state index in [4.69, 9.17) is 11.6 Å². The predicted octanol–water partition coefficient (Wildman–Crippen LogP) is 3.32. The average molecular weight is 459 g/mol. The molecule has 0 saturated heterocycles. The van der Waals surface area contributed by atoms with Crippen LogP contribution in [0, 0.1) is 18.7 Å². The largest absolute Gasteiger partial charge is 0.393 e. The second-order valence-corrected chi connectivity index (χ2v) is 8.56. The van der Waals surface area contributed by atoms with Crippen molar-refractivity contribution in [2.24, 2.45) is 5.92 Å². The Balaban J connectivity index is 1.43. The maximum atomic E-state index is 13.3. The van der Waals surface area contributed by atoms with E-state index in [2.05, 4.69) is 25.7 Å². The summed E-state index contributed by atoms with van der Waals surface area (Å²) in [6, 6.07) is 7.72. The van der Waals surface area contributed by atoms with E-state index in [9.17, 15) is 14.3 Å². The van der Waals surface area contributed by atoms with Gasteiger partial charge in [0, 0.05) is 17.8 Å². The lowest BCUT2D eigenvalue weighted by atomic mass is 9.88. The highest BCUT2D eigenvalue weighted by molar-refractivity contribution is 6.30. The zero-order valence-corrected chi connectivity index (χ0v) is 18.4. The number of rotatable bonds is 6. The number of pyridine rings is 1. The van der Waals surface area contributed by atoms with Gasteiger partial charge in [0.2, 0.25) is 5.82 Å². The van der Waals surface area contributed by atoms with Gasteiger partial charge in [-0.25, -0.2) is 9.37 Å². The number of halogens is 2. The molecular weight excluding hydrogens is 435 g/mol. The highest BCUT2D eigenvalue weighted by atomic mass is 35.5. The molecule has 1 saturated carbocycles. The van der Waals surface area contributed by atoms with Gasteiger partial charge >= 0.3 is 0 Å². The van der Waals surface area contributed by atoms with Crippen molar-refractivity contribution < 1.29 is 14.3 Å². The summed E-state index contributed by atoms with van der Waals surface area (Å²) in [4.78, 5) is 18.5. The first-order valence-corrected chi connectivity index (χ1v) is 10.9. The Labute approximate surface area is 189 Å². The number of aliphatic hydroxyl groups excluding tert-OH is 1. The lowest BCUT2D eigenvalue weighted by Gasteiger charge is -2.24. The Hall–Kier alpha value is -2.91. The zero-order valence-electron chi connectivity index (χ0n) is 17.6. The van der Waals surface area contributed by atoms with Crippen molar-refractivity contribution >= 4 is 17.5 Å². The van der Waals surface area contributed by atoms with Crippen LogP contribution in [0.15, 0.2) is 30.3 Å². The van der Waals surface area contributed by atoms with Crippen molar-refractivity contribution in [1.29, 1.82) is 0 Å². The average Bonchev–Trinajstić information content (AvgIpc) is 3.24. The van der Waals surface area contributed by atoms with E-state index in [-0.39, 0.29) is 29.3 Å². The molecule has 0 aliphatic heterocycles. The molecule has 1 aromatic carbocycles. The number of carbonyl (C=O) groups excluding carboxylic acids is 1. The highest BCUT2D eigenvalue weighted by Gasteiger charge is 2.21. The van der Waals surface area contributed by atoms with Crippen LogP contribution in [0.25, 0.3) is 11.4 Å². The first-order chi connectivity index (χ1) is 15.4. The summed E-state index contributed by atoms with van der Waals surface area (Å²) in [7, 11) is 0. The number of tetrazole rings is 1. The fraction of sp³-hybridized carbons (Fsp3) is 0.409. The van der Waals surface area contributed by atoms with E-state index in [1.54, 1.807) is 29.9 Å². The van der Waals surface area contributed by atoms with Crippen LogP contribution in [0.3, 0.4) is 0 Å². The predicted molar refractivity (Wildman–Crippen MR) is 116 cm³/mol. The maximum Gasteiger partial charge on any atom is 0.270 e. The summed E-state index contributed by atoms with van der Waals surface area (Å²) in [6.45, 7) is 2.63. The van der Waals surface area contributed by atoms with E-state index in [0.29, 0.717) is 35.1 Å². The number of nitrogens with zero attached hydrogens (tertiary/aromatic N) is 5. The molecule has 10 heteroatoms. The minimum absolute atomic E-state index is 0.00582. The van der Waals surface area contributed by atoms with Gasteiger partial charge in [0.1, 0.15) is 11.5 Å². The summed E-state index contributed by atoms with van der Waals surface area (Å²) in [6.07, 6.45) is 3.29. The number of hydrogen-bond acceptors (Lipinski definition) is 6. The van der Waals surface area contributed by atoms with Crippen molar-refractivity contribution in [3.8, 4) is 11.4 Å². The summed E-state index contributed by atoms with van der Waals surface area (Å²) in [5, 5.41) is 25.2. The number of carbonyl (C=O) groups is 1. The number of aliphatic hydroxyl groups is 1. The van der Waals surface area contributed by atoms with Crippen LogP contribution in [0.2, 0.25) is 5.02 Å². The van der Waals surface area contributed by atoms with Crippen molar-refractivity contribution in [3.05, 3.63) is 58.1 Å². The third kappa shape index (κ3) is 5.46. The minimum Gasteiger partial charge on any atom is -0.393 e. The smallest absolute Gasteiger partial charge is 0.270 e. The molecule has 0 unspecified atom stereocenters. The number of amides is 1. The first-order valence-electron chi connectivity index (χ1n) is 10.5. The van der Waals surface area contributed by atoms with Gasteiger partial charge in [-0.15, -0.1) is 10.2 Å². The molecule has 1 aliphatic rings.